The highest BCUT2D eigenvalue weighted by atomic mass is 79.9. The third kappa shape index (κ3) is 3.83. The van der Waals surface area contributed by atoms with Crippen molar-refractivity contribution in [3.8, 4) is 0 Å². The number of nitrogens with one attached hydrogen (secondary N) is 1. The van der Waals surface area contributed by atoms with E-state index in [1.165, 1.54) is 34.5 Å². The van der Waals surface area contributed by atoms with Gasteiger partial charge < -0.3 is 10.2 Å². The van der Waals surface area contributed by atoms with Gasteiger partial charge in [0, 0.05) is 34.2 Å². The average molecular weight is 445 g/mol. The normalized spacial score (nSPS) is 17.5. The topological polar surface area (TPSA) is 41.0 Å². The van der Waals surface area contributed by atoms with Crippen LogP contribution in [-0.2, 0) is 6.42 Å². The molecule has 1 aromatic carbocycles. The van der Waals surface area contributed by atoms with Gasteiger partial charge in [0.2, 0.25) is 0 Å². The Balaban J connectivity index is 1.57. The number of anilines is 2. The summed E-state index contributed by atoms with van der Waals surface area (Å²) in [7, 11) is 0. The molecule has 0 radical (unpaired) electrons. The molecule has 1 unspecified atom stereocenters. The van der Waals surface area contributed by atoms with Crippen LogP contribution in [0, 0.1) is 13.8 Å². The minimum Gasteiger partial charge on any atom is -0.369 e. The Morgan fingerprint density at radius 3 is 2.74 bits per heavy atom. The van der Waals surface area contributed by atoms with Gasteiger partial charge in [0.15, 0.2) is 0 Å². The van der Waals surface area contributed by atoms with Crippen molar-refractivity contribution in [1.82, 2.24) is 9.97 Å². The molecule has 4 rings (SSSR count). The van der Waals surface area contributed by atoms with E-state index in [0.717, 1.165) is 40.0 Å². The summed E-state index contributed by atoms with van der Waals surface area (Å²) in [5.74, 6) is 0.979. The van der Waals surface area contributed by atoms with Crippen LogP contribution in [0.1, 0.15) is 35.8 Å². The van der Waals surface area contributed by atoms with Gasteiger partial charge in [0.1, 0.15) is 17.0 Å². The van der Waals surface area contributed by atoms with Gasteiger partial charge in [-0.1, -0.05) is 22.9 Å². The van der Waals surface area contributed by atoms with Crippen molar-refractivity contribution in [2.24, 2.45) is 0 Å². The fraction of sp³-hybridized carbons (Fsp3) is 0.429. The summed E-state index contributed by atoms with van der Waals surface area (Å²) in [5.41, 5.74) is 4.04. The number of fused-ring (bicyclic) bond motifs is 1. The molecular formula is C21H25BrN4S. The predicted octanol–water partition coefficient (Wildman–Crippen LogP) is 5.71. The lowest BCUT2D eigenvalue weighted by Crippen LogP contribution is -2.43. The van der Waals surface area contributed by atoms with Crippen molar-refractivity contribution in [1.29, 1.82) is 0 Å². The van der Waals surface area contributed by atoms with E-state index in [1.54, 1.807) is 17.7 Å². The zero-order valence-electron chi connectivity index (χ0n) is 16.1. The van der Waals surface area contributed by atoms with E-state index in [4.69, 9.17) is 0 Å². The number of aromatic nitrogens is 2. The molecule has 142 valence electrons. The van der Waals surface area contributed by atoms with Gasteiger partial charge >= 0.3 is 0 Å². The fourth-order valence-corrected chi connectivity index (χ4v) is 5.71. The van der Waals surface area contributed by atoms with Crippen LogP contribution in [0.3, 0.4) is 0 Å². The monoisotopic (exact) mass is 444 g/mol. The number of rotatable bonds is 4. The zero-order chi connectivity index (χ0) is 19.0. The van der Waals surface area contributed by atoms with E-state index in [1.807, 2.05) is 0 Å². The molecule has 1 fully saturated rings. The molecule has 1 N–H and O–H groups in total. The molecular weight excluding hydrogens is 420 g/mol. The van der Waals surface area contributed by atoms with Crippen molar-refractivity contribution in [2.75, 3.05) is 23.3 Å². The molecule has 4 nitrogen and oxygen atoms in total. The smallest absolute Gasteiger partial charge is 0.138 e. The summed E-state index contributed by atoms with van der Waals surface area (Å²) in [6.07, 6.45) is 5.08. The lowest BCUT2D eigenvalue weighted by Gasteiger charge is -2.37. The van der Waals surface area contributed by atoms with Gasteiger partial charge in [0.25, 0.3) is 0 Å². The predicted molar refractivity (Wildman–Crippen MR) is 119 cm³/mol. The van der Waals surface area contributed by atoms with Crippen LogP contribution in [0.2, 0.25) is 0 Å². The maximum absolute atomic E-state index is 4.55. The lowest BCUT2D eigenvalue weighted by molar-refractivity contribution is 0.528. The van der Waals surface area contributed by atoms with E-state index >= 15 is 0 Å². The number of nitrogens with zero attached hydrogens (tertiary/aromatic N) is 3. The molecule has 0 amide bonds. The van der Waals surface area contributed by atoms with Crippen molar-refractivity contribution < 1.29 is 0 Å². The lowest BCUT2D eigenvalue weighted by atomic mass is 10.0. The molecule has 1 aliphatic heterocycles. The highest BCUT2D eigenvalue weighted by molar-refractivity contribution is 9.10. The zero-order valence-corrected chi connectivity index (χ0v) is 18.5. The summed E-state index contributed by atoms with van der Waals surface area (Å²) in [4.78, 5) is 14.0. The summed E-state index contributed by atoms with van der Waals surface area (Å²) in [6.45, 7) is 8.71. The number of thiophene rings is 1. The van der Waals surface area contributed by atoms with Crippen LogP contribution in [-0.4, -0.2) is 29.1 Å². The van der Waals surface area contributed by atoms with Crippen LogP contribution >= 0.6 is 27.3 Å². The maximum Gasteiger partial charge on any atom is 0.138 e. The Kier molecular flexibility index (Phi) is 5.37. The maximum atomic E-state index is 4.55. The molecule has 3 heterocycles. The van der Waals surface area contributed by atoms with E-state index in [0.29, 0.717) is 6.04 Å². The number of piperidine rings is 1. The van der Waals surface area contributed by atoms with E-state index in [-0.39, 0.29) is 0 Å². The van der Waals surface area contributed by atoms with Crippen LogP contribution in [0.15, 0.2) is 29.0 Å². The molecule has 1 aliphatic rings. The summed E-state index contributed by atoms with van der Waals surface area (Å²) >= 11 is 5.38. The van der Waals surface area contributed by atoms with Crippen LogP contribution in [0.25, 0.3) is 10.2 Å². The second-order valence-corrected chi connectivity index (χ2v) is 9.36. The van der Waals surface area contributed by atoms with Gasteiger partial charge in [-0.3, -0.25) is 0 Å². The Morgan fingerprint density at radius 2 is 2.00 bits per heavy atom. The first kappa shape index (κ1) is 18.7. The summed E-state index contributed by atoms with van der Waals surface area (Å²) in [6, 6.07) is 7.06. The van der Waals surface area contributed by atoms with Gasteiger partial charge in [0.05, 0.1) is 5.39 Å². The standard InChI is InChI=1S/C21H25BrN4S/c1-4-17-10-18-20(23-12-24-21(18)27-17)25-16-6-5-7-26(11-16)19-13(2)8-15(22)9-14(19)3/h8-10,12,16H,4-7,11H2,1-3H3,(H,23,24,25). The molecule has 1 atom stereocenters. The van der Waals surface area contributed by atoms with Gasteiger partial charge in [-0.2, -0.15) is 0 Å². The molecule has 0 saturated carbocycles. The van der Waals surface area contributed by atoms with E-state index < -0.39 is 0 Å². The molecule has 2 aromatic heterocycles. The third-order valence-corrected chi connectivity index (χ3v) is 6.91. The molecule has 27 heavy (non-hydrogen) atoms. The molecule has 6 heteroatoms. The SMILES string of the molecule is CCc1cc2c(NC3CCCN(c4c(C)cc(Br)cc4C)C3)ncnc2s1. The van der Waals surface area contributed by atoms with Gasteiger partial charge in [-0.25, -0.2) is 9.97 Å². The molecule has 0 spiro atoms. The van der Waals surface area contributed by atoms with E-state index in [2.05, 4.69) is 75.1 Å². The average Bonchev–Trinajstić information content (AvgIpc) is 3.06. The summed E-state index contributed by atoms with van der Waals surface area (Å²) < 4.78 is 1.15. The molecule has 3 aromatic rings. The Bertz CT molecular complexity index is 945. The minimum absolute atomic E-state index is 0.393. The van der Waals surface area contributed by atoms with Crippen molar-refractivity contribution in [2.45, 2.75) is 46.1 Å². The number of hydrogen-bond donors (Lipinski definition) is 1. The van der Waals surface area contributed by atoms with Crippen molar-refractivity contribution in [3.05, 3.63) is 45.0 Å². The summed E-state index contributed by atoms with van der Waals surface area (Å²) in [5, 5.41) is 4.88. The Labute approximate surface area is 173 Å². The third-order valence-electron chi connectivity index (χ3n) is 5.26. The first-order valence-corrected chi connectivity index (χ1v) is 11.2. The number of aryl methyl sites for hydroxylation is 3. The second kappa shape index (κ2) is 7.76. The van der Waals surface area contributed by atoms with Crippen LogP contribution in [0.4, 0.5) is 11.5 Å². The van der Waals surface area contributed by atoms with Gasteiger partial charge in [-0.15, -0.1) is 11.3 Å². The van der Waals surface area contributed by atoms with Crippen LogP contribution < -0.4 is 10.2 Å². The fourth-order valence-electron chi connectivity index (χ4n) is 4.09. The van der Waals surface area contributed by atoms with Crippen LogP contribution in [0.5, 0.6) is 0 Å². The molecule has 0 aliphatic carbocycles. The quantitative estimate of drug-likeness (QED) is 0.558. The Morgan fingerprint density at radius 1 is 1.22 bits per heavy atom. The Hall–Kier alpha value is -1.66. The second-order valence-electron chi connectivity index (χ2n) is 7.33. The number of benzene rings is 1. The number of hydrogen-bond acceptors (Lipinski definition) is 5. The molecule has 0 bridgehead atoms. The largest absolute Gasteiger partial charge is 0.369 e. The molecule has 1 saturated heterocycles. The number of halogens is 1. The van der Waals surface area contributed by atoms with E-state index in [9.17, 15) is 0 Å². The highest BCUT2D eigenvalue weighted by Gasteiger charge is 2.23. The van der Waals surface area contributed by atoms with Crippen molar-refractivity contribution >= 4 is 49.0 Å². The minimum atomic E-state index is 0.393. The van der Waals surface area contributed by atoms with Gasteiger partial charge in [-0.05, 0) is 62.4 Å². The first-order valence-electron chi connectivity index (χ1n) is 9.56. The highest BCUT2D eigenvalue weighted by Crippen LogP contribution is 2.32. The first-order chi connectivity index (χ1) is 13.0. The van der Waals surface area contributed by atoms with Crippen molar-refractivity contribution in [3.63, 3.8) is 0 Å².